The average Bonchev–Trinajstić information content (AvgIpc) is 2.53. The zero-order valence-corrected chi connectivity index (χ0v) is 16.5. The van der Waals surface area contributed by atoms with Crippen LogP contribution in [0.1, 0.15) is 59.3 Å². The first kappa shape index (κ1) is 25.5. The molecule has 1 N–H and O–H groups in total. The number of unbranched alkanes of at least 4 members (excludes halogenated alkanes) is 4. The highest BCUT2D eigenvalue weighted by Crippen LogP contribution is 2.08. The minimum absolute atomic E-state index is 0.141. The quantitative estimate of drug-likeness (QED) is 0.300. The fourth-order valence-electron chi connectivity index (χ4n) is 1.68. The van der Waals surface area contributed by atoms with Crippen LogP contribution in [0, 0.1) is 0 Å². The minimum Gasteiger partial charge on any atom is -0.345 e. The van der Waals surface area contributed by atoms with E-state index in [1.54, 1.807) is 14.0 Å². The first-order valence-corrected chi connectivity index (χ1v) is 9.94. The van der Waals surface area contributed by atoms with Gasteiger partial charge in [-0.1, -0.05) is 46.5 Å². The Labute approximate surface area is 146 Å². The third-order valence-corrected chi connectivity index (χ3v) is 3.95. The topological polar surface area (TPSA) is 94.2 Å². The van der Waals surface area contributed by atoms with Gasteiger partial charge in [0, 0.05) is 19.5 Å². The van der Waals surface area contributed by atoms with Crippen LogP contribution in [-0.4, -0.2) is 52.6 Å². The zero-order valence-electron chi connectivity index (χ0n) is 15.7. The molecule has 0 saturated heterocycles. The predicted octanol–water partition coefficient (Wildman–Crippen LogP) is 2.22. The van der Waals surface area contributed by atoms with Crippen molar-refractivity contribution in [3.8, 4) is 0 Å². The molecule has 9 heteroatoms. The van der Waals surface area contributed by atoms with Crippen molar-refractivity contribution in [1.82, 2.24) is 10.5 Å². The second-order valence-corrected chi connectivity index (χ2v) is 6.53. The highest BCUT2D eigenvalue weighted by molar-refractivity contribution is 7.87. The van der Waals surface area contributed by atoms with E-state index in [4.69, 9.17) is 4.84 Å². The number of nitrogens with zero attached hydrogens (tertiary/aromatic N) is 1. The Balaban J connectivity index is 0. The molecule has 0 rings (SSSR count). The maximum Gasteiger partial charge on any atom is 0.327 e. The molecule has 0 aliphatic rings. The molecule has 0 heterocycles. The summed E-state index contributed by atoms with van der Waals surface area (Å²) < 4.78 is 27.6. The lowest BCUT2D eigenvalue weighted by Crippen LogP contribution is -2.31. The molecule has 0 aromatic carbocycles. The monoisotopic (exact) mass is 370 g/mol. The summed E-state index contributed by atoms with van der Waals surface area (Å²) in [5.41, 5.74) is 2.61. The lowest BCUT2D eigenvalue weighted by molar-refractivity contribution is -0.135. The first-order valence-electron chi connectivity index (χ1n) is 8.36. The van der Waals surface area contributed by atoms with Gasteiger partial charge in [-0.15, -0.1) is 0 Å². The molecule has 0 aromatic heterocycles. The van der Waals surface area contributed by atoms with Crippen LogP contribution in [0.5, 0.6) is 0 Å². The van der Waals surface area contributed by atoms with Crippen LogP contribution in [0.15, 0.2) is 0 Å². The van der Waals surface area contributed by atoms with Crippen molar-refractivity contribution in [3.63, 3.8) is 0 Å². The summed E-state index contributed by atoms with van der Waals surface area (Å²) in [5, 5.41) is 1.20. The average molecular weight is 371 g/mol. The van der Waals surface area contributed by atoms with E-state index < -0.39 is 22.0 Å². The summed E-state index contributed by atoms with van der Waals surface area (Å²) in [5.74, 6) is -1.13. The smallest absolute Gasteiger partial charge is 0.327 e. The van der Waals surface area contributed by atoms with Gasteiger partial charge in [0.2, 0.25) is 0 Å². The molecule has 0 spiro atoms. The Hall–Kier alpha value is -0.740. The standard InChI is InChI=1S/C12H25NO5S.C3H9NO/c1-4-6-7-8-9-10-12(14)18-19(15,16)11-13(5-2)17-3;1-3-4-5-2/h4-11H2,1-3H3;4H,3H2,1-2H3. The molecule has 24 heavy (non-hydrogen) atoms. The summed E-state index contributed by atoms with van der Waals surface area (Å²) in [7, 11) is -0.930. The highest BCUT2D eigenvalue weighted by Gasteiger charge is 2.20. The van der Waals surface area contributed by atoms with Crippen LogP contribution in [-0.2, 0) is 28.8 Å². The molecule has 0 unspecified atom stereocenters. The van der Waals surface area contributed by atoms with Crippen molar-refractivity contribution in [2.24, 2.45) is 0 Å². The molecule has 0 amide bonds. The van der Waals surface area contributed by atoms with E-state index in [1.165, 1.54) is 12.2 Å². The van der Waals surface area contributed by atoms with Crippen LogP contribution in [0.4, 0.5) is 0 Å². The normalized spacial score (nSPS) is 11.1. The van der Waals surface area contributed by atoms with Crippen molar-refractivity contribution in [2.45, 2.75) is 59.3 Å². The summed E-state index contributed by atoms with van der Waals surface area (Å²) in [6.45, 7) is 7.09. The molecule has 0 aliphatic carbocycles. The number of hydroxylamine groups is 3. The summed E-state index contributed by atoms with van der Waals surface area (Å²) in [4.78, 5) is 20.6. The van der Waals surface area contributed by atoms with E-state index >= 15 is 0 Å². The van der Waals surface area contributed by atoms with Crippen molar-refractivity contribution in [2.75, 3.05) is 33.2 Å². The van der Waals surface area contributed by atoms with Crippen molar-refractivity contribution >= 4 is 16.1 Å². The lowest BCUT2D eigenvalue weighted by Gasteiger charge is -2.16. The van der Waals surface area contributed by atoms with Crippen molar-refractivity contribution < 1.29 is 27.1 Å². The fourth-order valence-corrected chi connectivity index (χ4v) is 2.74. The second kappa shape index (κ2) is 17.1. The van der Waals surface area contributed by atoms with Crippen LogP contribution >= 0.6 is 0 Å². The molecule has 0 saturated carbocycles. The van der Waals surface area contributed by atoms with Crippen molar-refractivity contribution in [1.29, 1.82) is 0 Å². The second-order valence-electron chi connectivity index (χ2n) is 4.99. The van der Waals surface area contributed by atoms with Gasteiger partial charge in [0.05, 0.1) is 14.2 Å². The summed E-state index contributed by atoms with van der Waals surface area (Å²) >= 11 is 0. The van der Waals surface area contributed by atoms with Crippen LogP contribution < -0.4 is 5.48 Å². The van der Waals surface area contributed by atoms with Gasteiger partial charge in [-0.05, 0) is 6.42 Å². The number of hydrogen-bond acceptors (Lipinski definition) is 8. The molecular formula is C15H34N2O6S. The minimum atomic E-state index is -3.90. The molecule has 0 bridgehead atoms. The summed E-state index contributed by atoms with van der Waals surface area (Å²) in [6.07, 6.45) is 5.04. The van der Waals surface area contributed by atoms with Gasteiger partial charge in [0.1, 0.15) is 0 Å². The Morgan fingerprint density at radius 3 is 2.08 bits per heavy atom. The molecule has 0 atom stereocenters. The van der Waals surface area contributed by atoms with E-state index in [0.29, 0.717) is 13.0 Å². The molecule has 0 aliphatic heterocycles. The lowest BCUT2D eigenvalue weighted by atomic mass is 10.1. The van der Waals surface area contributed by atoms with Crippen LogP contribution in [0.25, 0.3) is 0 Å². The van der Waals surface area contributed by atoms with Gasteiger partial charge in [-0.3, -0.25) is 4.79 Å². The zero-order chi connectivity index (χ0) is 18.8. The number of hydrogen-bond donors (Lipinski definition) is 1. The van der Waals surface area contributed by atoms with Crippen LogP contribution in [0.3, 0.4) is 0 Å². The summed E-state index contributed by atoms with van der Waals surface area (Å²) in [6, 6.07) is 0. The third-order valence-electron chi connectivity index (χ3n) is 2.91. The Morgan fingerprint density at radius 2 is 1.67 bits per heavy atom. The van der Waals surface area contributed by atoms with Gasteiger partial charge >= 0.3 is 16.1 Å². The van der Waals surface area contributed by atoms with E-state index in [1.807, 2.05) is 6.92 Å². The maximum atomic E-state index is 11.5. The molecule has 0 aromatic rings. The number of nitrogens with one attached hydrogen (secondary N) is 1. The molecule has 8 nitrogen and oxygen atoms in total. The van der Waals surface area contributed by atoms with Gasteiger partial charge in [0.25, 0.3) is 0 Å². The van der Waals surface area contributed by atoms with Crippen molar-refractivity contribution in [3.05, 3.63) is 0 Å². The highest BCUT2D eigenvalue weighted by atomic mass is 32.2. The van der Waals surface area contributed by atoms with Gasteiger partial charge in [-0.2, -0.15) is 13.5 Å². The predicted molar refractivity (Wildman–Crippen MR) is 93.3 cm³/mol. The maximum absolute atomic E-state index is 11.5. The SMILES string of the molecule is CCCCCCCC(=O)OS(=O)(=O)CN(CC)OC.CCNOC. The van der Waals surface area contributed by atoms with E-state index in [-0.39, 0.29) is 6.42 Å². The molecule has 0 fully saturated rings. The molecular weight excluding hydrogens is 336 g/mol. The van der Waals surface area contributed by atoms with Gasteiger partial charge in [0.15, 0.2) is 5.88 Å². The van der Waals surface area contributed by atoms with E-state index in [0.717, 1.165) is 32.2 Å². The molecule has 0 radical (unpaired) electrons. The Bertz CT molecular complexity index is 383. The third kappa shape index (κ3) is 17.6. The van der Waals surface area contributed by atoms with Crippen LogP contribution in [0.2, 0.25) is 0 Å². The molecule has 146 valence electrons. The Morgan fingerprint density at radius 1 is 1.04 bits per heavy atom. The largest absolute Gasteiger partial charge is 0.345 e. The van der Waals surface area contributed by atoms with Gasteiger partial charge in [-0.25, -0.2) is 5.48 Å². The fraction of sp³-hybridized carbons (Fsp3) is 0.933. The number of carbonyl (C=O) groups excluding carboxylic acids is 1. The van der Waals surface area contributed by atoms with E-state index in [2.05, 4.69) is 21.4 Å². The van der Waals surface area contributed by atoms with Gasteiger partial charge < -0.3 is 13.9 Å². The first-order chi connectivity index (χ1) is 11.4. The number of carbonyl (C=O) groups is 1. The van der Waals surface area contributed by atoms with E-state index in [9.17, 15) is 13.2 Å². The number of rotatable bonds is 13. The Kier molecular flexibility index (Phi) is 18.2.